The lowest BCUT2D eigenvalue weighted by molar-refractivity contribution is -0.126. The van der Waals surface area contributed by atoms with Crippen LogP contribution in [0.4, 0.5) is 0 Å². The summed E-state index contributed by atoms with van der Waals surface area (Å²) in [6.45, 7) is 5.20. The Hall–Kier alpha value is -1.47. The van der Waals surface area contributed by atoms with Gasteiger partial charge in [-0.1, -0.05) is 0 Å². The van der Waals surface area contributed by atoms with Gasteiger partial charge in [-0.15, -0.1) is 0 Å². The first kappa shape index (κ1) is 15.4. The molecule has 0 aromatic carbocycles. The van der Waals surface area contributed by atoms with Crippen molar-refractivity contribution in [2.75, 3.05) is 19.7 Å². The fraction of sp³-hybridized carbons (Fsp3) is 0.800. The fourth-order valence-corrected chi connectivity index (χ4v) is 3.42. The molecule has 122 valence electrons. The van der Waals surface area contributed by atoms with Crippen LogP contribution in [-0.2, 0) is 16.1 Å². The average Bonchev–Trinajstić information content (AvgIpc) is 3.27. The molecule has 2 saturated heterocycles. The first-order chi connectivity index (χ1) is 10.7. The van der Waals surface area contributed by atoms with Crippen LogP contribution >= 0.6 is 0 Å². The van der Waals surface area contributed by atoms with Crippen LogP contribution in [0.1, 0.15) is 32.6 Å². The van der Waals surface area contributed by atoms with Crippen molar-refractivity contribution in [1.82, 2.24) is 25.0 Å². The summed E-state index contributed by atoms with van der Waals surface area (Å²) in [5, 5.41) is 7.21. The summed E-state index contributed by atoms with van der Waals surface area (Å²) in [4.78, 5) is 18.7. The molecule has 0 saturated carbocycles. The summed E-state index contributed by atoms with van der Waals surface area (Å²) in [6, 6.07) is 0.239. The van der Waals surface area contributed by atoms with Crippen molar-refractivity contribution in [1.29, 1.82) is 0 Å². The van der Waals surface area contributed by atoms with Crippen LogP contribution in [0.5, 0.6) is 0 Å². The second-order valence-electron chi connectivity index (χ2n) is 6.21. The molecule has 3 rings (SSSR count). The Morgan fingerprint density at radius 1 is 1.45 bits per heavy atom. The van der Waals surface area contributed by atoms with Crippen molar-refractivity contribution >= 4 is 5.91 Å². The van der Waals surface area contributed by atoms with Crippen LogP contribution in [0.3, 0.4) is 0 Å². The van der Waals surface area contributed by atoms with Gasteiger partial charge in [0.25, 0.3) is 0 Å². The maximum Gasteiger partial charge on any atom is 0.237 e. The third-order valence-electron chi connectivity index (χ3n) is 4.69. The van der Waals surface area contributed by atoms with Gasteiger partial charge in [0.15, 0.2) is 0 Å². The highest BCUT2D eigenvalue weighted by atomic mass is 16.5. The Balaban J connectivity index is 1.50. The third-order valence-corrected chi connectivity index (χ3v) is 4.69. The Labute approximate surface area is 131 Å². The van der Waals surface area contributed by atoms with Crippen molar-refractivity contribution in [2.24, 2.45) is 0 Å². The van der Waals surface area contributed by atoms with Gasteiger partial charge in [-0.3, -0.25) is 14.4 Å². The van der Waals surface area contributed by atoms with E-state index in [0.717, 1.165) is 45.4 Å². The van der Waals surface area contributed by atoms with Crippen LogP contribution in [0.2, 0.25) is 0 Å². The maximum absolute atomic E-state index is 12.4. The first-order valence-corrected chi connectivity index (χ1v) is 8.21. The molecule has 2 fully saturated rings. The number of carbonyl (C=O) groups is 1. The van der Waals surface area contributed by atoms with Crippen LogP contribution in [0.25, 0.3) is 0 Å². The van der Waals surface area contributed by atoms with E-state index in [2.05, 4.69) is 20.3 Å². The average molecular weight is 307 g/mol. The first-order valence-electron chi connectivity index (χ1n) is 8.21. The van der Waals surface area contributed by atoms with E-state index in [0.29, 0.717) is 12.6 Å². The van der Waals surface area contributed by atoms with Gasteiger partial charge in [0, 0.05) is 19.2 Å². The highest BCUT2D eigenvalue weighted by Crippen LogP contribution is 2.21. The SMILES string of the molecule is C[C@H](C(=O)NC[C@@H]1CCCO1)N1CCC[C@@H]1Cn1cncn1. The molecular weight excluding hydrogens is 282 g/mol. The number of nitrogens with zero attached hydrogens (tertiary/aromatic N) is 4. The standard InChI is InChI=1S/C15H25N5O2/c1-12(15(21)17-8-14-5-3-7-22-14)20-6-2-4-13(20)9-19-11-16-10-18-19/h10-14H,2-9H2,1H3,(H,17,21)/t12-,13-,14+/m1/s1. The highest BCUT2D eigenvalue weighted by molar-refractivity contribution is 5.81. The number of nitrogens with one attached hydrogen (secondary N) is 1. The molecule has 0 aliphatic carbocycles. The van der Waals surface area contributed by atoms with Crippen molar-refractivity contribution in [3.8, 4) is 0 Å². The second kappa shape index (κ2) is 7.19. The monoisotopic (exact) mass is 307 g/mol. The zero-order valence-corrected chi connectivity index (χ0v) is 13.1. The number of hydrogen-bond donors (Lipinski definition) is 1. The molecule has 7 nitrogen and oxygen atoms in total. The van der Waals surface area contributed by atoms with Crippen LogP contribution < -0.4 is 5.32 Å². The molecule has 3 atom stereocenters. The fourth-order valence-electron chi connectivity index (χ4n) is 3.42. The van der Waals surface area contributed by atoms with Gasteiger partial charge in [0.2, 0.25) is 5.91 Å². The summed E-state index contributed by atoms with van der Waals surface area (Å²) in [5.41, 5.74) is 0. The Morgan fingerprint density at radius 2 is 2.36 bits per heavy atom. The number of carbonyl (C=O) groups excluding carboxylic acids is 1. The van der Waals surface area contributed by atoms with Gasteiger partial charge in [-0.25, -0.2) is 4.98 Å². The molecule has 0 unspecified atom stereocenters. The molecule has 1 aromatic rings. The van der Waals surface area contributed by atoms with E-state index >= 15 is 0 Å². The Kier molecular flexibility index (Phi) is 5.04. The van der Waals surface area contributed by atoms with Gasteiger partial charge in [0.1, 0.15) is 12.7 Å². The summed E-state index contributed by atoms with van der Waals surface area (Å²) >= 11 is 0. The van der Waals surface area contributed by atoms with Crippen molar-refractivity contribution in [3.63, 3.8) is 0 Å². The Bertz CT molecular complexity index is 472. The zero-order valence-electron chi connectivity index (χ0n) is 13.1. The molecular formula is C15H25N5O2. The minimum Gasteiger partial charge on any atom is -0.376 e. The van der Waals surface area contributed by atoms with Crippen molar-refractivity contribution < 1.29 is 9.53 Å². The van der Waals surface area contributed by atoms with E-state index in [9.17, 15) is 4.79 Å². The molecule has 1 N–H and O–H groups in total. The summed E-state index contributed by atoms with van der Waals surface area (Å²) in [5.74, 6) is 0.0981. The van der Waals surface area contributed by atoms with Gasteiger partial charge in [-0.2, -0.15) is 5.10 Å². The van der Waals surface area contributed by atoms with Crippen molar-refractivity contribution in [3.05, 3.63) is 12.7 Å². The lowest BCUT2D eigenvalue weighted by Gasteiger charge is -2.30. The number of likely N-dealkylation sites (tertiary alicyclic amines) is 1. The number of amides is 1. The smallest absolute Gasteiger partial charge is 0.237 e. The normalized spacial score (nSPS) is 27.1. The van der Waals surface area contributed by atoms with Crippen molar-refractivity contribution in [2.45, 2.75) is 57.3 Å². The molecule has 2 aliphatic rings. The topological polar surface area (TPSA) is 72.3 Å². The molecule has 1 amide bonds. The quantitative estimate of drug-likeness (QED) is 0.825. The molecule has 0 radical (unpaired) electrons. The Morgan fingerprint density at radius 3 is 3.09 bits per heavy atom. The minimum atomic E-state index is -0.113. The van der Waals surface area contributed by atoms with Crippen LogP contribution in [0, 0.1) is 0 Å². The summed E-state index contributed by atoms with van der Waals surface area (Å²) < 4.78 is 7.40. The molecule has 1 aromatic heterocycles. The molecule has 3 heterocycles. The molecule has 0 bridgehead atoms. The molecule has 2 aliphatic heterocycles. The zero-order chi connectivity index (χ0) is 15.4. The van der Waals surface area contributed by atoms with E-state index in [-0.39, 0.29) is 18.1 Å². The summed E-state index contributed by atoms with van der Waals surface area (Å²) in [7, 11) is 0. The van der Waals surface area contributed by atoms with Gasteiger partial charge in [0.05, 0.1) is 18.7 Å². The third kappa shape index (κ3) is 3.64. The summed E-state index contributed by atoms with van der Waals surface area (Å²) in [6.07, 6.45) is 7.86. The number of aromatic nitrogens is 3. The largest absolute Gasteiger partial charge is 0.376 e. The lowest BCUT2D eigenvalue weighted by atomic mass is 10.2. The molecule has 7 heteroatoms. The molecule has 22 heavy (non-hydrogen) atoms. The number of rotatable bonds is 6. The predicted molar refractivity (Wildman–Crippen MR) is 81.2 cm³/mol. The van der Waals surface area contributed by atoms with E-state index in [1.54, 1.807) is 12.7 Å². The van der Waals surface area contributed by atoms with E-state index in [1.807, 2.05) is 11.6 Å². The number of hydrogen-bond acceptors (Lipinski definition) is 5. The van der Waals surface area contributed by atoms with Crippen LogP contribution in [0.15, 0.2) is 12.7 Å². The predicted octanol–water partition coefficient (Wildman–Crippen LogP) is 0.426. The van der Waals surface area contributed by atoms with E-state index in [1.165, 1.54) is 0 Å². The highest BCUT2D eigenvalue weighted by Gasteiger charge is 2.32. The van der Waals surface area contributed by atoms with Gasteiger partial charge >= 0.3 is 0 Å². The minimum absolute atomic E-state index is 0.0981. The lowest BCUT2D eigenvalue weighted by Crippen LogP contribution is -2.49. The van der Waals surface area contributed by atoms with Gasteiger partial charge < -0.3 is 10.1 Å². The maximum atomic E-state index is 12.4. The van der Waals surface area contributed by atoms with Gasteiger partial charge in [-0.05, 0) is 39.2 Å². The van der Waals surface area contributed by atoms with E-state index < -0.39 is 0 Å². The second-order valence-corrected chi connectivity index (χ2v) is 6.21. The van der Waals surface area contributed by atoms with E-state index in [4.69, 9.17) is 4.74 Å². The molecule has 0 spiro atoms. The number of ether oxygens (including phenoxy) is 1. The van der Waals surface area contributed by atoms with Crippen LogP contribution in [-0.4, -0.2) is 63.5 Å².